The number of hydrogen-bond donors (Lipinski definition) is 2. The summed E-state index contributed by atoms with van der Waals surface area (Å²) < 4.78 is 5.43. The lowest BCUT2D eigenvalue weighted by Gasteiger charge is -2.12. The van der Waals surface area contributed by atoms with Crippen molar-refractivity contribution in [2.24, 2.45) is 5.92 Å². The average Bonchev–Trinajstić information content (AvgIpc) is 2.57. The van der Waals surface area contributed by atoms with Gasteiger partial charge in [0.15, 0.2) is 5.75 Å². The Bertz CT molecular complexity index is 708. The minimum absolute atomic E-state index is 0.000573. The molecule has 6 heteroatoms. The van der Waals surface area contributed by atoms with E-state index in [1.165, 1.54) is 0 Å². The van der Waals surface area contributed by atoms with Gasteiger partial charge in [0, 0.05) is 23.8 Å². The van der Waals surface area contributed by atoms with Crippen LogP contribution in [0.3, 0.4) is 0 Å². The first-order chi connectivity index (χ1) is 11.9. The van der Waals surface area contributed by atoms with E-state index in [-0.39, 0.29) is 11.8 Å². The first-order valence-corrected chi connectivity index (χ1v) is 8.91. The van der Waals surface area contributed by atoms with E-state index in [1.54, 1.807) is 0 Å². The average molecular weight is 381 g/mol. The van der Waals surface area contributed by atoms with E-state index in [9.17, 15) is 4.79 Å². The van der Waals surface area contributed by atoms with E-state index in [0.29, 0.717) is 28.9 Å². The van der Waals surface area contributed by atoms with Crippen molar-refractivity contribution in [1.29, 1.82) is 0 Å². The van der Waals surface area contributed by atoms with Crippen molar-refractivity contribution in [2.45, 2.75) is 27.3 Å². The lowest BCUT2D eigenvalue weighted by atomic mass is 10.2. The second-order valence-corrected chi connectivity index (χ2v) is 6.71. The van der Waals surface area contributed by atoms with Gasteiger partial charge in [0.2, 0.25) is 5.91 Å². The Morgan fingerprint density at radius 1 is 1.08 bits per heavy atom. The summed E-state index contributed by atoms with van der Waals surface area (Å²) in [6, 6.07) is 11.2. The molecular weight excluding hydrogens is 359 g/mol. The molecule has 0 heterocycles. The molecule has 0 aromatic heterocycles. The van der Waals surface area contributed by atoms with Crippen molar-refractivity contribution in [2.75, 3.05) is 17.2 Å². The fourth-order valence-electron chi connectivity index (χ4n) is 2.16. The second-order valence-electron chi connectivity index (χ2n) is 5.90. The quantitative estimate of drug-likeness (QED) is 0.657. The number of anilines is 2. The van der Waals surface area contributed by atoms with Gasteiger partial charge in [0.1, 0.15) is 0 Å². The zero-order chi connectivity index (χ0) is 18.4. The van der Waals surface area contributed by atoms with Crippen LogP contribution in [0.1, 0.15) is 26.3 Å². The number of nitrogens with one attached hydrogen (secondary N) is 2. The molecule has 4 nitrogen and oxygen atoms in total. The molecule has 0 aliphatic carbocycles. The Morgan fingerprint density at radius 2 is 1.64 bits per heavy atom. The number of benzene rings is 2. The highest BCUT2D eigenvalue weighted by molar-refractivity contribution is 6.37. The third-order valence-electron chi connectivity index (χ3n) is 3.52. The summed E-state index contributed by atoms with van der Waals surface area (Å²) in [5.41, 5.74) is 2.66. The van der Waals surface area contributed by atoms with Crippen LogP contribution in [0.2, 0.25) is 10.0 Å². The van der Waals surface area contributed by atoms with E-state index in [0.717, 1.165) is 16.9 Å². The highest BCUT2D eigenvalue weighted by atomic mass is 35.5. The van der Waals surface area contributed by atoms with Gasteiger partial charge in [-0.15, -0.1) is 0 Å². The molecule has 0 atom stereocenters. The molecule has 134 valence electrons. The van der Waals surface area contributed by atoms with Crippen LogP contribution in [0.15, 0.2) is 36.4 Å². The van der Waals surface area contributed by atoms with Crippen molar-refractivity contribution in [1.82, 2.24) is 0 Å². The number of ether oxygens (including phenoxy) is 1. The lowest BCUT2D eigenvalue weighted by Crippen LogP contribution is -2.17. The van der Waals surface area contributed by atoms with Crippen LogP contribution in [-0.4, -0.2) is 12.5 Å². The largest absolute Gasteiger partial charge is 0.491 e. The van der Waals surface area contributed by atoms with Gasteiger partial charge in [-0.25, -0.2) is 0 Å². The van der Waals surface area contributed by atoms with Crippen LogP contribution in [0, 0.1) is 5.92 Å². The zero-order valence-corrected chi connectivity index (χ0v) is 16.0. The molecule has 0 saturated carbocycles. The SMILES string of the molecule is CCOc1c(Cl)cc(CNc2ccc(NC(=O)C(C)C)cc2)cc1Cl. The molecule has 2 rings (SSSR count). The smallest absolute Gasteiger partial charge is 0.226 e. The van der Waals surface area contributed by atoms with Gasteiger partial charge in [-0.2, -0.15) is 0 Å². The molecule has 1 amide bonds. The summed E-state index contributed by atoms with van der Waals surface area (Å²) in [7, 11) is 0. The molecule has 0 aliphatic rings. The molecule has 0 spiro atoms. The fraction of sp³-hybridized carbons (Fsp3) is 0.316. The lowest BCUT2D eigenvalue weighted by molar-refractivity contribution is -0.118. The Kier molecular flexibility index (Phi) is 6.97. The van der Waals surface area contributed by atoms with Gasteiger partial charge in [-0.1, -0.05) is 37.0 Å². The molecule has 0 fully saturated rings. The number of carbonyl (C=O) groups excluding carboxylic acids is 1. The van der Waals surface area contributed by atoms with Crippen molar-refractivity contribution in [3.8, 4) is 5.75 Å². The molecule has 2 aromatic rings. The maximum absolute atomic E-state index is 11.7. The van der Waals surface area contributed by atoms with Gasteiger partial charge in [0.25, 0.3) is 0 Å². The van der Waals surface area contributed by atoms with Gasteiger partial charge >= 0.3 is 0 Å². The maximum Gasteiger partial charge on any atom is 0.226 e. The molecule has 0 aliphatic heterocycles. The minimum Gasteiger partial charge on any atom is -0.491 e. The predicted octanol–water partition coefficient (Wildman–Crippen LogP) is 5.60. The predicted molar refractivity (Wildman–Crippen MR) is 105 cm³/mol. The Morgan fingerprint density at radius 3 is 2.16 bits per heavy atom. The summed E-state index contributed by atoms with van der Waals surface area (Å²) in [6.07, 6.45) is 0. The van der Waals surface area contributed by atoms with Crippen LogP contribution in [-0.2, 0) is 11.3 Å². The Hall–Kier alpha value is -1.91. The standard InChI is InChI=1S/C19H22Cl2N2O2/c1-4-25-18-16(20)9-13(10-17(18)21)11-22-14-5-7-15(8-6-14)23-19(24)12(2)3/h5-10,12,22H,4,11H2,1-3H3,(H,23,24). The highest BCUT2D eigenvalue weighted by Crippen LogP contribution is 2.34. The monoisotopic (exact) mass is 380 g/mol. The molecule has 2 aromatic carbocycles. The minimum atomic E-state index is -0.0491. The summed E-state index contributed by atoms with van der Waals surface area (Å²) >= 11 is 12.4. The molecule has 2 N–H and O–H groups in total. The first-order valence-electron chi connectivity index (χ1n) is 8.16. The Balaban J connectivity index is 1.98. The van der Waals surface area contributed by atoms with Crippen LogP contribution in [0.25, 0.3) is 0 Å². The van der Waals surface area contributed by atoms with Crippen LogP contribution in [0.4, 0.5) is 11.4 Å². The zero-order valence-electron chi connectivity index (χ0n) is 14.5. The number of rotatable bonds is 7. The van der Waals surface area contributed by atoms with Crippen molar-refractivity contribution < 1.29 is 9.53 Å². The molecule has 0 radical (unpaired) electrons. The van der Waals surface area contributed by atoms with Gasteiger partial charge in [-0.05, 0) is 48.9 Å². The molecular formula is C19H22Cl2N2O2. The number of halogens is 2. The van der Waals surface area contributed by atoms with Crippen LogP contribution >= 0.6 is 23.2 Å². The van der Waals surface area contributed by atoms with Gasteiger partial charge in [-0.3, -0.25) is 4.79 Å². The molecule has 0 saturated heterocycles. The third kappa shape index (κ3) is 5.55. The van der Waals surface area contributed by atoms with E-state index < -0.39 is 0 Å². The van der Waals surface area contributed by atoms with E-state index in [2.05, 4.69) is 10.6 Å². The third-order valence-corrected chi connectivity index (χ3v) is 4.08. The second kappa shape index (κ2) is 8.97. The van der Waals surface area contributed by atoms with E-state index in [1.807, 2.05) is 57.2 Å². The summed E-state index contributed by atoms with van der Waals surface area (Å²) in [5.74, 6) is 0.464. The first kappa shape index (κ1) is 19.4. The highest BCUT2D eigenvalue weighted by Gasteiger charge is 2.10. The summed E-state index contributed by atoms with van der Waals surface area (Å²) in [5, 5.41) is 7.16. The van der Waals surface area contributed by atoms with E-state index in [4.69, 9.17) is 27.9 Å². The number of hydrogen-bond acceptors (Lipinski definition) is 3. The number of carbonyl (C=O) groups is 1. The fourth-order valence-corrected chi connectivity index (χ4v) is 2.80. The number of amides is 1. The van der Waals surface area contributed by atoms with Crippen LogP contribution < -0.4 is 15.4 Å². The molecule has 25 heavy (non-hydrogen) atoms. The van der Waals surface area contributed by atoms with Crippen molar-refractivity contribution >= 4 is 40.5 Å². The molecule has 0 bridgehead atoms. The van der Waals surface area contributed by atoms with Gasteiger partial charge in [0.05, 0.1) is 16.7 Å². The van der Waals surface area contributed by atoms with E-state index >= 15 is 0 Å². The normalized spacial score (nSPS) is 10.6. The molecule has 0 unspecified atom stereocenters. The van der Waals surface area contributed by atoms with Crippen molar-refractivity contribution in [3.05, 3.63) is 52.0 Å². The van der Waals surface area contributed by atoms with Gasteiger partial charge < -0.3 is 15.4 Å². The summed E-state index contributed by atoms with van der Waals surface area (Å²) in [6.45, 7) is 6.69. The maximum atomic E-state index is 11.7. The van der Waals surface area contributed by atoms with Crippen molar-refractivity contribution in [3.63, 3.8) is 0 Å². The van der Waals surface area contributed by atoms with Crippen LogP contribution in [0.5, 0.6) is 5.75 Å². The topological polar surface area (TPSA) is 50.4 Å². The summed E-state index contributed by atoms with van der Waals surface area (Å²) in [4.78, 5) is 11.7. The Labute approximate surface area is 158 Å².